The maximum Gasteiger partial charge on any atom is 0.164 e. The summed E-state index contributed by atoms with van der Waals surface area (Å²) in [4.78, 5) is 11.8. The Hall–Kier alpha value is -0.670. The minimum absolute atomic E-state index is 0.0845. The van der Waals surface area contributed by atoms with Crippen LogP contribution in [0.3, 0.4) is 0 Å². The summed E-state index contributed by atoms with van der Waals surface area (Å²) in [5, 5.41) is 9.66. The number of carbonyl (C=O) groups is 1. The van der Waals surface area contributed by atoms with Crippen LogP contribution in [-0.4, -0.2) is 23.8 Å². The van der Waals surface area contributed by atoms with E-state index in [1.807, 2.05) is 26.8 Å². The fraction of sp³-hybridized carbons (Fsp3) is 0.727. The quantitative estimate of drug-likeness (QED) is 0.631. The van der Waals surface area contributed by atoms with Gasteiger partial charge in [0.1, 0.15) is 0 Å². The number of carbonyl (C=O) groups excluding carboxylic acids is 1. The van der Waals surface area contributed by atoms with Crippen molar-refractivity contribution in [2.24, 2.45) is 17.3 Å². The van der Waals surface area contributed by atoms with Crippen LogP contribution >= 0.6 is 0 Å². The molecule has 0 saturated carbocycles. The van der Waals surface area contributed by atoms with Crippen molar-refractivity contribution in [2.75, 3.05) is 6.61 Å². The molecule has 0 aromatic heterocycles. The van der Waals surface area contributed by atoms with Gasteiger partial charge in [-0.25, -0.2) is 0 Å². The van der Waals surface area contributed by atoms with E-state index in [1.54, 1.807) is 0 Å². The van der Waals surface area contributed by atoms with Crippen LogP contribution in [0, 0.1) is 17.3 Å². The lowest BCUT2D eigenvalue weighted by Gasteiger charge is -2.37. The Kier molecular flexibility index (Phi) is 2.05. The highest BCUT2D eigenvalue weighted by Crippen LogP contribution is 2.46. The average molecular weight is 196 g/mol. The van der Waals surface area contributed by atoms with E-state index in [0.717, 1.165) is 5.57 Å². The third-order valence-electron chi connectivity index (χ3n) is 3.36. The largest absolute Gasteiger partial charge is 0.368 e. The number of hydrogen-bond acceptors (Lipinski definition) is 3. The predicted octanol–water partition coefficient (Wildman–Crippen LogP) is 1.12. The fourth-order valence-corrected chi connectivity index (χ4v) is 2.75. The van der Waals surface area contributed by atoms with E-state index in [-0.39, 0.29) is 23.0 Å². The molecule has 1 N–H and O–H groups in total. The minimum Gasteiger partial charge on any atom is -0.368 e. The topological polar surface area (TPSA) is 46.5 Å². The van der Waals surface area contributed by atoms with Gasteiger partial charge < -0.3 is 9.84 Å². The average Bonchev–Trinajstić information content (AvgIpc) is 2.44. The summed E-state index contributed by atoms with van der Waals surface area (Å²) in [5.74, 6) is -0.102. The number of ketones is 1. The van der Waals surface area contributed by atoms with Gasteiger partial charge >= 0.3 is 0 Å². The summed E-state index contributed by atoms with van der Waals surface area (Å²) >= 11 is 0. The molecule has 0 aromatic rings. The Labute approximate surface area is 83.8 Å². The standard InChI is InChI=1S/C11H16O3/c1-6-4-11(2,3)8-7(9(6)12)5-14-10(8)13/h4,7-8,10,13H,5H2,1-3H3. The number of rotatable bonds is 0. The molecule has 3 unspecified atom stereocenters. The summed E-state index contributed by atoms with van der Waals surface area (Å²) in [6.07, 6.45) is 1.16. The number of hydrogen-bond donors (Lipinski definition) is 1. The van der Waals surface area contributed by atoms with Crippen molar-refractivity contribution in [1.29, 1.82) is 0 Å². The molecule has 0 radical (unpaired) electrons. The second kappa shape index (κ2) is 2.91. The van der Waals surface area contributed by atoms with Gasteiger partial charge in [-0.1, -0.05) is 19.9 Å². The van der Waals surface area contributed by atoms with Crippen LogP contribution in [0.15, 0.2) is 11.6 Å². The Morgan fingerprint density at radius 2 is 2.21 bits per heavy atom. The summed E-state index contributed by atoms with van der Waals surface area (Å²) in [6.45, 7) is 6.28. The lowest BCUT2D eigenvalue weighted by atomic mass is 9.66. The van der Waals surface area contributed by atoms with Crippen molar-refractivity contribution in [2.45, 2.75) is 27.1 Å². The van der Waals surface area contributed by atoms with E-state index >= 15 is 0 Å². The van der Waals surface area contributed by atoms with E-state index in [1.165, 1.54) is 0 Å². The lowest BCUT2D eigenvalue weighted by molar-refractivity contribution is -0.124. The van der Waals surface area contributed by atoms with Crippen LogP contribution in [0.25, 0.3) is 0 Å². The predicted molar refractivity (Wildman–Crippen MR) is 51.5 cm³/mol. The number of aliphatic hydroxyl groups excluding tert-OH is 1. The van der Waals surface area contributed by atoms with Crippen LogP contribution in [0.1, 0.15) is 20.8 Å². The summed E-state index contributed by atoms with van der Waals surface area (Å²) in [5.41, 5.74) is 0.646. The molecule has 3 atom stereocenters. The SMILES string of the molecule is CC1=CC(C)(C)C2C(O)OCC2C1=O. The molecule has 1 aliphatic carbocycles. The molecule has 2 rings (SSSR count). The Morgan fingerprint density at radius 3 is 2.86 bits per heavy atom. The Bertz CT molecular complexity index is 304. The molecule has 0 spiro atoms. The molecular formula is C11H16O3. The third-order valence-corrected chi connectivity index (χ3v) is 3.36. The summed E-state index contributed by atoms with van der Waals surface area (Å²) in [7, 11) is 0. The highest BCUT2D eigenvalue weighted by molar-refractivity contribution is 5.98. The maximum absolute atomic E-state index is 11.8. The number of aliphatic hydroxyl groups is 1. The van der Waals surface area contributed by atoms with Gasteiger partial charge in [-0.15, -0.1) is 0 Å². The Morgan fingerprint density at radius 1 is 1.57 bits per heavy atom. The molecule has 1 heterocycles. The maximum atomic E-state index is 11.8. The van der Waals surface area contributed by atoms with Gasteiger partial charge in [0, 0.05) is 5.92 Å². The first kappa shape index (κ1) is 9.87. The monoisotopic (exact) mass is 196 g/mol. The Balaban J connectivity index is 2.43. The molecule has 78 valence electrons. The van der Waals surface area contributed by atoms with Gasteiger partial charge in [-0.05, 0) is 17.9 Å². The van der Waals surface area contributed by atoms with Gasteiger partial charge in [0.25, 0.3) is 0 Å². The molecule has 3 heteroatoms. The highest BCUT2D eigenvalue weighted by atomic mass is 16.6. The van der Waals surface area contributed by atoms with E-state index in [2.05, 4.69) is 0 Å². The highest BCUT2D eigenvalue weighted by Gasteiger charge is 2.50. The van der Waals surface area contributed by atoms with Gasteiger partial charge in [0.2, 0.25) is 0 Å². The van der Waals surface area contributed by atoms with E-state index in [0.29, 0.717) is 6.61 Å². The van der Waals surface area contributed by atoms with Crippen molar-refractivity contribution in [3.05, 3.63) is 11.6 Å². The van der Waals surface area contributed by atoms with Crippen molar-refractivity contribution in [1.82, 2.24) is 0 Å². The molecule has 1 saturated heterocycles. The summed E-state index contributed by atoms with van der Waals surface area (Å²) in [6, 6.07) is 0. The second-order valence-corrected chi connectivity index (χ2v) is 4.87. The lowest BCUT2D eigenvalue weighted by Crippen LogP contribution is -2.41. The van der Waals surface area contributed by atoms with E-state index in [9.17, 15) is 9.90 Å². The molecule has 2 aliphatic rings. The molecule has 3 nitrogen and oxygen atoms in total. The van der Waals surface area contributed by atoms with E-state index < -0.39 is 6.29 Å². The molecule has 14 heavy (non-hydrogen) atoms. The second-order valence-electron chi connectivity index (χ2n) is 4.87. The number of allylic oxidation sites excluding steroid dienone is 2. The molecule has 1 aliphatic heterocycles. The summed E-state index contributed by atoms with van der Waals surface area (Å²) < 4.78 is 5.16. The van der Waals surface area contributed by atoms with Gasteiger partial charge in [0.15, 0.2) is 12.1 Å². The normalized spacial score (nSPS) is 40.7. The fourth-order valence-electron chi connectivity index (χ4n) is 2.75. The molecule has 0 amide bonds. The molecule has 1 fully saturated rings. The third kappa shape index (κ3) is 1.23. The van der Waals surface area contributed by atoms with Crippen molar-refractivity contribution < 1.29 is 14.6 Å². The first-order valence-corrected chi connectivity index (χ1v) is 4.97. The zero-order valence-electron chi connectivity index (χ0n) is 8.78. The van der Waals surface area contributed by atoms with Crippen LogP contribution in [-0.2, 0) is 9.53 Å². The van der Waals surface area contributed by atoms with Gasteiger partial charge in [-0.3, -0.25) is 4.79 Å². The molecule has 0 bridgehead atoms. The van der Waals surface area contributed by atoms with Crippen molar-refractivity contribution in [3.8, 4) is 0 Å². The smallest absolute Gasteiger partial charge is 0.164 e. The number of fused-ring (bicyclic) bond motifs is 1. The van der Waals surface area contributed by atoms with Crippen LogP contribution in [0.2, 0.25) is 0 Å². The van der Waals surface area contributed by atoms with Gasteiger partial charge in [0.05, 0.1) is 12.5 Å². The van der Waals surface area contributed by atoms with Crippen LogP contribution < -0.4 is 0 Å². The zero-order chi connectivity index (χ0) is 10.5. The van der Waals surface area contributed by atoms with E-state index in [4.69, 9.17) is 4.74 Å². The first-order chi connectivity index (χ1) is 6.43. The molecule has 0 aromatic carbocycles. The van der Waals surface area contributed by atoms with Crippen LogP contribution in [0.4, 0.5) is 0 Å². The zero-order valence-corrected chi connectivity index (χ0v) is 8.78. The minimum atomic E-state index is -0.789. The van der Waals surface area contributed by atoms with Crippen LogP contribution in [0.5, 0.6) is 0 Å². The van der Waals surface area contributed by atoms with Gasteiger partial charge in [-0.2, -0.15) is 0 Å². The first-order valence-electron chi connectivity index (χ1n) is 4.97. The number of Topliss-reactive ketones (excluding diaryl/α,β-unsaturated/α-hetero) is 1. The number of ether oxygens (including phenoxy) is 1. The van der Waals surface area contributed by atoms with Crippen molar-refractivity contribution >= 4 is 5.78 Å². The molecular weight excluding hydrogens is 180 g/mol. The van der Waals surface area contributed by atoms with Crippen molar-refractivity contribution in [3.63, 3.8) is 0 Å².